The quantitative estimate of drug-likeness (QED) is 0.250. The molecule has 0 fully saturated rings. The molecule has 0 atom stereocenters. The minimum Gasteiger partial charge on any atom is -0.206 e. The van der Waals surface area contributed by atoms with Gasteiger partial charge in [-0.2, -0.15) is 0 Å². The molecule has 0 spiro atoms. The first-order valence-corrected chi connectivity index (χ1v) is 12.8. The molecule has 0 aliphatic heterocycles. The second-order valence-corrected chi connectivity index (χ2v) is 10.2. The maximum atomic E-state index is 14.5. The molecule has 0 nitrogen and oxygen atoms in total. The number of aryl methyl sites for hydroxylation is 3. The number of fused-ring (bicyclic) bond motifs is 1. The van der Waals surface area contributed by atoms with Crippen LogP contribution in [0.3, 0.4) is 0 Å². The van der Waals surface area contributed by atoms with Crippen molar-refractivity contribution in [2.75, 3.05) is 0 Å². The van der Waals surface area contributed by atoms with Crippen molar-refractivity contribution in [3.63, 3.8) is 0 Å². The third-order valence-electron chi connectivity index (χ3n) is 5.59. The second-order valence-electron chi connectivity index (χ2n) is 8.10. The summed E-state index contributed by atoms with van der Waals surface area (Å²) in [6, 6.07) is 13.8. The Morgan fingerprint density at radius 2 is 1.53 bits per heavy atom. The van der Waals surface area contributed by atoms with Crippen molar-refractivity contribution in [1.29, 1.82) is 0 Å². The molecule has 0 amide bonds. The Labute approximate surface area is 196 Å². The highest BCUT2D eigenvalue weighted by atomic mass is 32.1. The molecular formula is C28H26F2S2. The van der Waals surface area contributed by atoms with Gasteiger partial charge in [-0.05, 0) is 66.6 Å². The van der Waals surface area contributed by atoms with Crippen LogP contribution in [0.1, 0.15) is 60.2 Å². The molecule has 0 aliphatic carbocycles. The molecular weight excluding hydrogens is 438 g/mol. The van der Waals surface area contributed by atoms with Crippen LogP contribution in [-0.4, -0.2) is 0 Å². The Kier molecular flexibility index (Phi) is 7.08. The van der Waals surface area contributed by atoms with Crippen molar-refractivity contribution in [3.8, 4) is 22.3 Å². The molecule has 0 saturated carbocycles. The predicted molar refractivity (Wildman–Crippen MR) is 135 cm³/mol. The van der Waals surface area contributed by atoms with Gasteiger partial charge in [-0.25, -0.2) is 8.78 Å². The molecule has 0 saturated heterocycles. The summed E-state index contributed by atoms with van der Waals surface area (Å²) in [4.78, 5) is 2.10. The van der Waals surface area contributed by atoms with Gasteiger partial charge in [-0.3, -0.25) is 0 Å². The number of unbranched alkanes of at least 4 members (excludes halogenated alkanes) is 1. The summed E-state index contributed by atoms with van der Waals surface area (Å²) >= 11 is 3.34. The molecule has 2 aromatic heterocycles. The monoisotopic (exact) mass is 464 g/mol. The van der Waals surface area contributed by atoms with Gasteiger partial charge in [0.15, 0.2) is 0 Å². The average Bonchev–Trinajstić information content (AvgIpc) is 3.32. The normalized spacial score (nSPS) is 11.0. The van der Waals surface area contributed by atoms with Crippen LogP contribution in [0.4, 0.5) is 8.78 Å². The summed E-state index contributed by atoms with van der Waals surface area (Å²) < 4.78 is 31.3. The second kappa shape index (κ2) is 9.98. The van der Waals surface area contributed by atoms with E-state index < -0.39 is 11.6 Å². The van der Waals surface area contributed by atoms with Crippen molar-refractivity contribution < 1.29 is 8.78 Å². The van der Waals surface area contributed by atoms with E-state index in [0.29, 0.717) is 12.0 Å². The summed E-state index contributed by atoms with van der Waals surface area (Å²) in [6.07, 6.45) is 4.84. The molecule has 0 aliphatic rings. The van der Waals surface area contributed by atoms with E-state index in [0.717, 1.165) is 36.1 Å². The third-order valence-corrected chi connectivity index (χ3v) is 8.18. The van der Waals surface area contributed by atoms with Crippen LogP contribution >= 0.6 is 22.7 Å². The molecule has 4 heteroatoms. The molecule has 0 radical (unpaired) electrons. The van der Waals surface area contributed by atoms with Crippen LogP contribution in [0, 0.1) is 30.4 Å². The smallest absolute Gasteiger partial charge is 0.142 e. The molecule has 0 N–H and O–H groups in total. The van der Waals surface area contributed by atoms with Gasteiger partial charge in [-0.15, -0.1) is 22.7 Å². The maximum absolute atomic E-state index is 14.5. The van der Waals surface area contributed by atoms with Crippen molar-refractivity contribution in [1.82, 2.24) is 0 Å². The van der Waals surface area contributed by atoms with Crippen LogP contribution in [0.25, 0.3) is 19.8 Å². The first kappa shape index (κ1) is 22.7. The molecule has 0 bridgehead atoms. The number of halogens is 2. The summed E-state index contributed by atoms with van der Waals surface area (Å²) in [5, 5.41) is 0. The van der Waals surface area contributed by atoms with Gasteiger partial charge in [0.25, 0.3) is 0 Å². The van der Waals surface area contributed by atoms with Crippen LogP contribution < -0.4 is 0 Å². The van der Waals surface area contributed by atoms with E-state index in [9.17, 15) is 8.78 Å². The van der Waals surface area contributed by atoms with Crippen molar-refractivity contribution in [2.45, 2.75) is 52.9 Å². The lowest BCUT2D eigenvalue weighted by Gasteiger charge is -2.03. The molecule has 2 aromatic carbocycles. The van der Waals surface area contributed by atoms with Gasteiger partial charge in [0.05, 0.1) is 10.4 Å². The molecule has 32 heavy (non-hydrogen) atoms. The SMILES string of the molecule is CCCCc1cc(F)c(C#Cc2sc3cc(-c4ccc(CCC)cc4)sc3c2C)c(F)c1. The molecule has 164 valence electrons. The lowest BCUT2D eigenvalue weighted by atomic mass is 10.1. The third kappa shape index (κ3) is 4.80. The van der Waals surface area contributed by atoms with Crippen LogP contribution in [0.2, 0.25) is 0 Å². The molecule has 0 unspecified atom stereocenters. The number of benzene rings is 2. The number of thiophene rings is 2. The van der Waals surface area contributed by atoms with Gasteiger partial charge in [0.1, 0.15) is 11.6 Å². The Morgan fingerprint density at radius 3 is 2.16 bits per heavy atom. The van der Waals surface area contributed by atoms with E-state index in [2.05, 4.69) is 56.0 Å². The highest BCUT2D eigenvalue weighted by Crippen LogP contribution is 2.41. The van der Waals surface area contributed by atoms with E-state index >= 15 is 0 Å². The Bertz CT molecular complexity index is 1270. The van der Waals surface area contributed by atoms with Gasteiger partial charge in [0, 0.05) is 14.3 Å². The molecule has 2 heterocycles. The van der Waals surface area contributed by atoms with Crippen molar-refractivity contribution in [3.05, 3.63) is 81.2 Å². The predicted octanol–water partition coefficient (Wildman–Crippen LogP) is 8.91. The highest BCUT2D eigenvalue weighted by Gasteiger charge is 2.13. The molecule has 4 aromatic rings. The van der Waals surface area contributed by atoms with Crippen LogP contribution in [0.15, 0.2) is 42.5 Å². The van der Waals surface area contributed by atoms with Gasteiger partial charge >= 0.3 is 0 Å². The topological polar surface area (TPSA) is 0 Å². The van der Waals surface area contributed by atoms with Gasteiger partial charge in [0.2, 0.25) is 0 Å². The average molecular weight is 465 g/mol. The van der Waals surface area contributed by atoms with Crippen LogP contribution in [0.5, 0.6) is 0 Å². The first-order chi connectivity index (χ1) is 15.5. The summed E-state index contributed by atoms with van der Waals surface area (Å²) in [6.45, 7) is 6.29. The summed E-state index contributed by atoms with van der Waals surface area (Å²) in [5.74, 6) is 4.63. The van der Waals surface area contributed by atoms with E-state index in [1.807, 2.05) is 6.92 Å². The standard InChI is InChI=1S/C28H26F2S2/c1-4-6-8-20-15-23(29)22(24(30)16-20)13-14-25-18(3)28-27(31-25)17-26(32-28)21-11-9-19(7-5-2)10-12-21/h9-12,15-17H,4-8H2,1-3H3. The van der Waals surface area contributed by atoms with Crippen molar-refractivity contribution in [2.24, 2.45) is 0 Å². The first-order valence-electron chi connectivity index (χ1n) is 11.1. The summed E-state index contributed by atoms with van der Waals surface area (Å²) in [7, 11) is 0. The van der Waals surface area contributed by atoms with E-state index in [1.165, 1.54) is 37.5 Å². The Balaban J connectivity index is 1.60. The maximum Gasteiger partial charge on any atom is 0.142 e. The Hall–Kier alpha value is -2.48. The number of hydrogen-bond acceptors (Lipinski definition) is 2. The van der Waals surface area contributed by atoms with Gasteiger partial charge in [-0.1, -0.05) is 62.8 Å². The van der Waals surface area contributed by atoms with Crippen molar-refractivity contribution >= 4 is 32.1 Å². The number of hydrogen-bond donors (Lipinski definition) is 0. The summed E-state index contributed by atoms with van der Waals surface area (Å²) in [5.41, 5.74) is 4.21. The fourth-order valence-electron chi connectivity index (χ4n) is 3.78. The molecule has 4 rings (SSSR count). The number of rotatable bonds is 6. The zero-order valence-corrected chi connectivity index (χ0v) is 20.3. The lowest BCUT2D eigenvalue weighted by Crippen LogP contribution is -1.95. The largest absolute Gasteiger partial charge is 0.206 e. The fraction of sp³-hybridized carbons (Fsp3) is 0.286. The zero-order chi connectivity index (χ0) is 22.7. The minimum atomic E-state index is -0.576. The Morgan fingerprint density at radius 1 is 0.812 bits per heavy atom. The van der Waals surface area contributed by atoms with E-state index in [4.69, 9.17) is 0 Å². The van der Waals surface area contributed by atoms with E-state index in [1.54, 1.807) is 22.7 Å². The van der Waals surface area contributed by atoms with Gasteiger partial charge < -0.3 is 0 Å². The van der Waals surface area contributed by atoms with Crippen LogP contribution in [-0.2, 0) is 12.8 Å². The van der Waals surface area contributed by atoms with E-state index in [-0.39, 0.29) is 5.56 Å². The fourth-order valence-corrected chi connectivity index (χ4v) is 6.23. The lowest BCUT2D eigenvalue weighted by molar-refractivity contribution is 0.572. The zero-order valence-electron chi connectivity index (χ0n) is 18.6. The highest BCUT2D eigenvalue weighted by molar-refractivity contribution is 7.30. The minimum absolute atomic E-state index is 0.144.